The Hall–Kier alpha value is -0.350. The molecule has 0 saturated heterocycles. The minimum atomic E-state index is 0.0853. The SMILES string of the molecule is Cc1ccc(Br)cc1NC(=O)CCCCBr. The minimum Gasteiger partial charge on any atom is -0.326 e. The summed E-state index contributed by atoms with van der Waals surface area (Å²) < 4.78 is 0.980. The van der Waals surface area contributed by atoms with Crippen molar-refractivity contribution in [3.05, 3.63) is 28.2 Å². The predicted octanol–water partition coefficient (Wildman–Crippen LogP) is 4.26. The number of amides is 1. The average molecular weight is 349 g/mol. The van der Waals surface area contributed by atoms with Crippen molar-refractivity contribution in [2.75, 3.05) is 10.6 Å². The van der Waals surface area contributed by atoms with Gasteiger partial charge in [-0.3, -0.25) is 4.79 Å². The third-order valence-electron chi connectivity index (χ3n) is 2.26. The summed E-state index contributed by atoms with van der Waals surface area (Å²) in [6, 6.07) is 5.88. The van der Waals surface area contributed by atoms with Crippen LogP contribution in [0.2, 0.25) is 0 Å². The number of rotatable bonds is 5. The van der Waals surface area contributed by atoms with Gasteiger partial charge in [0.05, 0.1) is 0 Å². The first kappa shape index (κ1) is 13.7. The van der Waals surface area contributed by atoms with Crippen LogP contribution in [-0.4, -0.2) is 11.2 Å². The molecule has 0 aliphatic carbocycles. The number of hydrogen-bond acceptors (Lipinski definition) is 1. The molecule has 2 nitrogen and oxygen atoms in total. The Morgan fingerprint density at radius 3 is 2.81 bits per heavy atom. The van der Waals surface area contributed by atoms with Crippen molar-refractivity contribution in [1.29, 1.82) is 0 Å². The molecule has 0 atom stereocenters. The zero-order valence-corrected chi connectivity index (χ0v) is 12.4. The van der Waals surface area contributed by atoms with Crippen molar-refractivity contribution < 1.29 is 4.79 Å². The van der Waals surface area contributed by atoms with Gasteiger partial charge in [0.2, 0.25) is 5.91 Å². The summed E-state index contributed by atoms with van der Waals surface area (Å²) in [7, 11) is 0. The minimum absolute atomic E-state index is 0.0853. The Morgan fingerprint density at radius 1 is 1.38 bits per heavy atom. The van der Waals surface area contributed by atoms with Crippen LogP contribution >= 0.6 is 31.9 Å². The summed E-state index contributed by atoms with van der Waals surface area (Å²) in [5, 5.41) is 3.88. The molecule has 4 heteroatoms. The van der Waals surface area contributed by atoms with Crippen LogP contribution in [0.25, 0.3) is 0 Å². The first-order chi connectivity index (χ1) is 7.63. The van der Waals surface area contributed by atoms with Gasteiger partial charge in [-0.1, -0.05) is 37.9 Å². The summed E-state index contributed by atoms with van der Waals surface area (Å²) >= 11 is 6.74. The van der Waals surface area contributed by atoms with Crippen LogP contribution in [0.1, 0.15) is 24.8 Å². The summed E-state index contributed by atoms with van der Waals surface area (Å²) in [4.78, 5) is 11.6. The number of halogens is 2. The molecule has 16 heavy (non-hydrogen) atoms. The standard InChI is InChI=1S/C12H15Br2NO/c1-9-5-6-10(14)8-11(9)15-12(16)4-2-3-7-13/h5-6,8H,2-4,7H2,1H3,(H,15,16). The monoisotopic (exact) mass is 347 g/mol. The van der Waals surface area contributed by atoms with Crippen LogP contribution in [0, 0.1) is 6.92 Å². The molecule has 0 spiro atoms. The molecular weight excluding hydrogens is 334 g/mol. The van der Waals surface area contributed by atoms with Gasteiger partial charge >= 0.3 is 0 Å². The number of benzene rings is 1. The molecule has 1 aromatic rings. The normalized spacial score (nSPS) is 10.2. The maximum atomic E-state index is 11.6. The molecule has 0 fully saturated rings. The number of unbranched alkanes of at least 4 members (excludes halogenated alkanes) is 1. The van der Waals surface area contributed by atoms with Crippen LogP contribution in [0.4, 0.5) is 5.69 Å². The van der Waals surface area contributed by atoms with Gasteiger partial charge in [0.1, 0.15) is 0 Å². The molecule has 0 aliphatic heterocycles. The highest BCUT2D eigenvalue weighted by Gasteiger charge is 2.04. The van der Waals surface area contributed by atoms with E-state index in [2.05, 4.69) is 37.2 Å². The van der Waals surface area contributed by atoms with Crippen molar-refractivity contribution in [2.45, 2.75) is 26.2 Å². The van der Waals surface area contributed by atoms with Gasteiger partial charge in [0, 0.05) is 21.9 Å². The Bertz CT molecular complexity index is 366. The second-order valence-electron chi connectivity index (χ2n) is 3.65. The predicted molar refractivity (Wildman–Crippen MR) is 75.2 cm³/mol. The van der Waals surface area contributed by atoms with E-state index in [1.165, 1.54) is 0 Å². The molecular formula is C12H15Br2NO. The highest BCUT2D eigenvalue weighted by atomic mass is 79.9. The molecule has 0 aromatic heterocycles. The van der Waals surface area contributed by atoms with Crippen molar-refractivity contribution in [2.24, 2.45) is 0 Å². The second kappa shape index (κ2) is 7.07. The van der Waals surface area contributed by atoms with E-state index in [0.717, 1.165) is 33.9 Å². The van der Waals surface area contributed by atoms with Gasteiger partial charge in [-0.15, -0.1) is 0 Å². The number of anilines is 1. The van der Waals surface area contributed by atoms with E-state index in [4.69, 9.17) is 0 Å². The lowest BCUT2D eigenvalue weighted by atomic mass is 10.2. The van der Waals surface area contributed by atoms with Gasteiger partial charge in [-0.2, -0.15) is 0 Å². The Kier molecular flexibility index (Phi) is 6.06. The van der Waals surface area contributed by atoms with Crippen LogP contribution in [0.5, 0.6) is 0 Å². The van der Waals surface area contributed by atoms with Gasteiger partial charge in [-0.25, -0.2) is 0 Å². The number of hydrogen-bond donors (Lipinski definition) is 1. The zero-order chi connectivity index (χ0) is 12.0. The molecule has 1 rings (SSSR count). The maximum Gasteiger partial charge on any atom is 0.224 e. The Labute approximate surface area is 113 Å². The Morgan fingerprint density at radius 2 is 2.12 bits per heavy atom. The summed E-state index contributed by atoms with van der Waals surface area (Å²) in [5.41, 5.74) is 1.97. The number of aryl methyl sites for hydroxylation is 1. The van der Waals surface area contributed by atoms with Crippen molar-refractivity contribution in [3.8, 4) is 0 Å². The average Bonchev–Trinajstić information content (AvgIpc) is 2.24. The fraction of sp³-hybridized carbons (Fsp3) is 0.417. The molecule has 0 unspecified atom stereocenters. The highest BCUT2D eigenvalue weighted by molar-refractivity contribution is 9.10. The van der Waals surface area contributed by atoms with Gasteiger partial charge in [-0.05, 0) is 37.5 Å². The molecule has 0 heterocycles. The number of carbonyl (C=O) groups excluding carboxylic acids is 1. The summed E-state index contributed by atoms with van der Waals surface area (Å²) in [6.07, 6.45) is 2.53. The molecule has 0 saturated carbocycles. The fourth-order valence-electron chi connectivity index (χ4n) is 1.32. The van der Waals surface area contributed by atoms with Crippen LogP contribution in [-0.2, 0) is 4.79 Å². The second-order valence-corrected chi connectivity index (χ2v) is 5.36. The van der Waals surface area contributed by atoms with Gasteiger partial charge in [0.25, 0.3) is 0 Å². The lowest BCUT2D eigenvalue weighted by Gasteiger charge is -2.08. The third-order valence-corrected chi connectivity index (χ3v) is 3.32. The van der Waals surface area contributed by atoms with E-state index in [1.807, 2.05) is 25.1 Å². The van der Waals surface area contributed by atoms with E-state index >= 15 is 0 Å². The van der Waals surface area contributed by atoms with Crippen LogP contribution < -0.4 is 5.32 Å². The lowest BCUT2D eigenvalue weighted by molar-refractivity contribution is -0.116. The number of nitrogens with one attached hydrogen (secondary N) is 1. The molecule has 1 aromatic carbocycles. The molecule has 1 N–H and O–H groups in total. The highest BCUT2D eigenvalue weighted by Crippen LogP contribution is 2.20. The Balaban J connectivity index is 2.52. The maximum absolute atomic E-state index is 11.6. The molecule has 1 amide bonds. The van der Waals surface area contributed by atoms with Crippen LogP contribution in [0.15, 0.2) is 22.7 Å². The largest absolute Gasteiger partial charge is 0.326 e. The topological polar surface area (TPSA) is 29.1 Å². The number of carbonyl (C=O) groups is 1. The first-order valence-corrected chi connectivity index (χ1v) is 7.17. The molecule has 0 aliphatic rings. The fourth-order valence-corrected chi connectivity index (χ4v) is 2.08. The van der Waals surface area contributed by atoms with Gasteiger partial charge in [0.15, 0.2) is 0 Å². The molecule has 88 valence electrons. The van der Waals surface area contributed by atoms with E-state index in [0.29, 0.717) is 6.42 Å². The van der Waals surface area contributed by atoms with Crippen molar-refractivity contribution in [3.63, 3.8) is 0 Å². The van der Waals surface area contributed by atoms with E-state index in [-0.39, 0.29) is 5.91 Å². The summed E-state index contributed by atoms with van der Waals surface area (Å²) in [5.74, 6) is 0.0853. The third kappa shape index (κ3) is 4.66. The van der Waals surface area contributed by atoms with Crippen molar-refractivity contribution in [1.82, 2.24) is 0 Å². The number of alkyl halides is 1. The first-order valence-electron chi connectivity index (χ1n) is 5.25. The quantitative estimate of drug-likeness (QED) is 0.625. The van der Waals surface area contributed by atoms with E-state index < -0.39 is 0 Å². The van der Waals surface area contributed by atoms with E-state index in [9.17, 15) is 4.79 Å². The van der Waals surface area contributed by atoms with Gasteiger partial charge < -0.3 is 5.32 Å². The smallest absolute Gasteiger partial charge is 0.224 e. The lowest BCUT2D eigenvalue weighted by Crippen LogP contribution is -2.12. The van der Waals surface area contributed by atoms with Crippen molar-refractivity contribution >= 4 is 43.5 Å². The molecule has 0 bridgehead atoms. The summed E-state index contributed by atoms with van der Waals surface area (Å²) in [6.45, 7) is 1.99. The van der Waals surface area contributed by atoms with Crippen LogP contribution in [0.3, 0.4) is 0 Å². The van der Waals surface area contributed by atoms with E-state index in [1.54, 1.807) is 0 Å². The zero-order valence-electron chi connectivity index (χ0n) is 9.22. The molecule has 0 radical (unpaired) electrons.